The zero-order valence-corrected chi connectivity index (χ0v) is 19.6. The summed E-state index contributed by atoms with van der Waals surface area (Å²) in [5.41, 5.74) is 2.12. The van der Waals surface area contributed by atoms with E-state index in [2.05, 4.69) is 0 Å². The molecule has 4 aromatic rings. The summed E-state index contributed by atoms with van der Waals surface area (Å²) in [6.07, 6.45) is -0.937. The summed E-state index contributed by atoms with van der Waals surface area (Å²) in [7, 11) is 0. The van der Waals surface area contributed by atoms with Gasteiger partial charge in [0.15, 0.2) is 6.10 Å². The largest absolute Gasteiger partial charge is 0.273 e. The van der Waals surface area contributed by atoms with Crippen molar-refractivity contribution in [2.45, 2.75) is 12.1 Å². The topological polar surface area (TPSA) is 93.0 Å². The third-order valence-corrected chi connectivity index (χ3v) is 7.63. The van der Waals surface area contributed by atoms with Crippen molar-refractivity contribution in [1.82, 2.24) is 0 Å². The number of nitro benzene ring substituents is 1. The normalized spacial score (nSPS) is 21.2. The van der Waals surface area contributed by atoms with Crippen LogP contribution in [0.5, 0.6) is 0 Å². The standard InChI is InChI=1S/C27H19N3O5S/c31-26-23-24(22-16-15-21(36-22)17-11-13-20(14-12-17)30(33)34)29(19-9-5-2-6-10-19)35-25(23)27(32)28(26)18-7-3-1-4-8-18/h1-16,23-25H/t23-,24+,25-/m0/s1. The molecule has 6 rings (SSSR count). The van der Waals surface area contributed by atoms with Gasteiger partial charge in [-0.3, -0.25) is 24.5 Å². The molecule has 1 aromatic heterocycles. The Bertz CT molecular complexity index is 1460. The van der Waals surface area contributed by atoms with Crippen LogP contribution >= 0.6 is 11.3 Å². The quantitative estimate of drug-likeness (QED) is 0.209. The fourth-order valence-electron chi connectivity index (χ4n) is 4.75. The lowest BCUT2D eigenvalue weighted by molar-refractivity contribution is -0.384. The summed E-state index contributed by atoms with van der Waals surface area (Å²) in [6, 6.07) is 28.0. The van der Waals surface area contributed by atoms with E-state index in [1.807, 2.05) is 48.5 Å². The van der Waals surface area contributed by atoms with Crippen molar-refractivity contribution in [3.63, 3.8) is 0 Å². The molecule has 0 spiro atoms. The molecule has 178 valence electrons. The number of amides is 2. The van der Waals surface area contributed by atoms with E-state index in [1.54, 1.807) is 41.5 Å². The van der Waals surface area contributed by atoms with Gasteiger partial charge in [-0.05, 0) is 54.1 Å². The third kappa shape index (κ3) is 3.57. The maximum atomic E-state index is 13.7. The number of rotatable bonds is 5. The first kappa shape index (κ1) is 22.1. The van der Waals surface area contributed by atoms with Crippen LogP contribution < -0.4 is 9.96 Å². The van der Waals surface area contributed by atoms with E-state index in [9.17, 15) is 19.7 Å². The van der Waals surface area contributed by atoms with Crippen molar-refractivity contribution < 1.29 is 19.3 Å². The molecule has 2 aliphatic heterocycles. The average Bonchev–Trinajstić information content (AvgIpc) is 3.60. The van der Waals surface area contributed by atoms with Crippen molar-refractivity contribution >= 4 is 40.2 Å². The van der Waals surface area contributed by atoms with Crippen molar-refractivity contribution in [3.05, 3.63) is 112 Å². The van der Waals surface area contributed by atoms with Gasteiger partial charge in [-0.2, -0.15) is 0 Å². The molecule has 36 heavy (non-hydrogen) atoms. The molecule has 0 N–H and O–H groups in total. The number of benzene rings is 3. The van der Waals surface area contributed by atoms with E-state index in [0.29, 0.717) is 5.69 Å². The van der Waals surface area contributed by atoms with Crippen LogP contribution in [-0.4, -0.2) is 22.8 Å². The highest BCUT2D eigenvalue weighted by atomic mass is 32.1. The van der Waals surface area contributed by atoms with Crippen LogP contribution in [-0.2, 0) is 14.4 Å². The number of imide groups is 1. The lowest BCUT2D eigenvalue weighted by Gasteiger charge is -2.27. The molecule has 8 nitrogen and oxygen atoms in total. The van der Waals surface area contributed by atoms with E-state index in [4.69, 9.17) is 4.84 Å². The molecule has 0 saturated carbocycles. The van der Waals surface area contributed by atoms with Gasteiger partial charge in [-0.25, -0.2) is 9.96 Å². The third-order valence-electron chi connectivity index (χ3n) is 6.42. The van der Waals surface area contributed by atoms with Crippen molar-refractivity contribution in [2.24, 2.45) is 5.92 Å². The van der Waals surface area contributed by atoms with E-state index < -0.39 is 23.0 Å². The van der Waals surface area contributed by atoms with Crippen molar-refractivity contribution in [3.8, 4) is 10.4 Å². The summed E-state index contributed by atoms with van der Waals surface area (Å²) in [5.74, 6) is -1.40. The number of hydroxylamine groups is 1. The monoisotopic (exact) mass is 497 g/mol. The molecular weight excluding hydrogens is 478 g/mol. The summed E-state index contributed by atoms with van der Waals surface area (Å²) in [4.78, 5) is 46.8. The van der Waals surface area contributed by atoms with Gasteiger partial charge in [-0.1, -0.05) is 36.4 Å². The number of para-hydroxylation sites is 2. The van der Waals surface area contributed by atoms with Gasteiger partial charge in [0.2, 0.25) is 5.91 Å². The second-order valence-electron chi connectivity index (χ2n) is 8.51. The minimum Gasteiger partial charge on any atom is -0.273 e. The van der Waals surface area contributed by atoms with Crippen LogP contribution in [0.2, 0.25) is 0 Å². The number of non-ortho nitro benzene ring substituents is 1. The van der Waals surface area contributed by atoms with Crippen LogP contribution in [0, 0.1) is 16.0 Å². The molecule has 0 radical (unpaired) electrons. The number of thiophene rings is 1. The molecule has 3 heterocycles. The number of hydrogen-bond acceptors (Lipinski definition) is 7. The van der Waals surface area contributed by atoms with E-state index in [0.717, 1.165) is 21.0 Å². The fraction of sp³-hybridized carbons (Fsp3) is 0.111. The van der Waals surface area contributed by atoms with E-state index >= 15 is 0 Å². The molecule has 0 aliphatic carbocycles. The molecule has 3 atom stereocenters. The first-order valence-corrected chi connectivity index (χ1v) is 12.1. The molecule has 9 heteroatoms. The zero-order valence-electron chi connectivity index (χ0n) is 18.8. The van der Waals surface area contributed by atoms with Gasteiger partial charge in [0.05, 0.1) is 16.3 Å². The lowest BCUT2D eigenvalue weighted by Crippen LogP contribution is -2.37. The number of fused-ring (bicyclic) bond motifs is 1. The Hall–Kier alpha value is -4.34. The molecule has 0 unspecified atom stereocenters. The highest BCUT2D eigenvalue weighted by molar-refractivity contribution is 7.15. The highest BCUT2D eigenvalue weighted by Gasteiger charge is 2.60. The number of hydrogen-bond donors (Lipinski definition) is 0. The number of nitro groups is 1. The second-order valence-corrected chi connectivity index (χ2v) is 9.63. The fourth-order valence-corrected chi connectivity index (χ4v) is 5.89. The number of carbonyl (C=O) groups excluding carboxylic acids is 2. The molecule has 2 fully saturated rings. The Balaban J connectivity index is 1.40. The minimum atomic E-state index is -0.937. The number of carbonyl (C=O) groups is 2. The van der Waals surface area contributed by atoms with Gasteiger partial charge in [0.1, 0.15) is 12.0 Å². The predicted octanol–water partition coefficient (Wildman–Crippen LogP) is 5.37. The van der Waals surface area contributed by atoms with Crippen LogP contribution in [0.15, 0.2) is 97.1 Å². The van der Waals surface area contributed by atoms with Crippen LogP contribution in [0.1, 0.15) is 10.9 Å². The average molecular weight is 498 g/mol. The minimum absolute atomic E-state index is 0.0221. The molecule has 3 aromatic carbocycles. The van der Waals surface area contributed by atoms with Gasteiger partial charge in [0, 0.05) is 21.9 Å². The molecule has 2 saturated heterocycles. The van der Waals surface area contributed by atoms with Crippen LogP contribution in [0.25, 0.3) is 10.4 Å². The van der Waals surface area contributed by atoms with Gasteiger partial charge < -0.3 is 0 Å². The first-order chi connectivity index (χ1) is 17.5. The molecule has 2 aliphatic rings. The summed E-state index contributed by atoms with van der Waals surface area (Å²) in [5, 5.41) is 12.7. The van der Waals surface area contributed by atoms with Gasteiger partial charge >= 0.3 is 0 Å². The number of nitrogens with zero attached hydrogens (tertiary/aromatic N) is 3. The number of anilines is 2. The van der Waals surface area contributed by atoms with Gasteiger partial charge in [-0.15, -0.1) is 11.3 Å². The van der Waals surface area contributed by atoms with Crippen molar-refractivity contribution in [1.29, 1.82) is 0 Å². The second kappa shape index (κ2) is 8.71. The Morgan fingerprint density at radius 3 is 2.06 bits per heavy atom. The molecule has 0 bridgehead atoms. The maximum Gasteiger partial charge on any atom is 0.269 e. The zero-order chi connectivity index (χ0) is 24.8. The van der Waals surface area contributed by atoms with E-state index in [-0.39, 0.29) is 17.5 Å². The van der Waals surface area contributed by atoms with Crippen LogP contribution in [0.3, 0.4) is 0 Å². The SMILES string of the molecule is O=C1[C@@H]2[C@H](ON(c3ccccc3)[C@@H]2c2ccc(-c3ccc([N+](=O)[O-])cc3)s2)C(=O)N1c1ccccc1. The highest BCUT2D eigenvalue weighted by Crippen LogP contribution is 2.49. The predicted molar refractivity (Wildman–Crippen MR) is 135 cm³/mol. The van der Waals surface area contributed by atoms with E-state index in [1.165, 1.54) is 28.4 Å². The van der Waals surface area contributed by atoms with Crippen molar-refractivity contribution in [2.75, 3.05) is 9.96 Å². The Morgan fingerprint density at radius 2 is 1.42 bits per heavy atom. The Kier molecular flexibility index (Phi) is 5.36. The first-order valence-electron chi connectivity index (χ1n) is 11.3. The maximum absolute atomic E-state index is 13.7. The smallest absolute Gasteiger partial charge is 0.269 e. The Labute approximate surface area is 210 Å². The van der Waals surface area contributed by atoms with Crippen LogP contribution in [0.4, 0.5) is 17.1 Å². The Morgan fingerprint density at radius 1 is 0.778 bits per heavy atom. The summed E-state index contributed by atoms with van der Waals surface area (Å²) in [6.45, 7) is 0. The molecular formula is C27H19N3O5S. The summed E-state index contributed by atoms with van der Waals surface area (Å²) >= 11 is 1.47. The summed E-state index contributed by atoms with van der Waals surface area (Å²) < 4.78 is 0. The molecule has 2 amide bonds. The van der Waals surface area contributed by atoms with Gasteiger partial charge in [0.25, 0.3) is 11.6 Å². The lowest BCUT2D eigenvalue weighted by atomic mass is 9.95.